The second kappa shape index (κ2) is 10.9. The molecule has 1 saturated heterocycles. The Labute approximate surface area is 194 Å². The molecular weight excluding hydrogens is 416 g/mol. The smallest absolute Gasteiger partial charge is 0.255 e. The fraction of sp³-hybridized carbons (Fsp3) is 0.308. The summed E-state index contributed by atoms with van der Waals surface area (Å²) in [5.74, 6) is 1.55. The van der Waals surface area contributed by atoms with E-state index in [1.807, 2.05) is 61.5 Å². The summed E-state index contributed by atoms with van der Waals surface area (Å²) in [5, 5.41) is 13.3. The molecular formula is C26H30N4O3. The molecule has 2 heterocycles. The zero-order valence-electron chi connectivity index (χ0n) is 18.9. The predicted molar refractivity (Wildman–Crippen MR) is 130 cm³/mol. The Bertz CT molecular complexity index is 1030. The molecule has 1 aliphatic rings. The molecule has 4 rings (SSSR count). The highest BCUT2D eigenvalue weighted by atomic mass is 16.5. The summed E-state index contributed by atoms with van der Waals surface area (Å²) in [6.45, 7) is 6.20. The maximum atomic E-state index is 12.3. The maximum Gasteiger partial charge on any atom is 0.255 e. The van der Waals surface area contributed by atoms with Crippen LogP contribution in [0.1, 0.15) is 15.9 Å². The number of ether oxygens (including phenoxy) is 1. The van der Waals surface area contributed by atoms with E-state index in [1.165, 1.54) is 0 Å². The van der Waals surface area contributed by atoms with Crippen LogP contribution in [-0.4, -0.2) is 66.3 Å². The van der Waals surface area contributed by atoms with Gasteiger partial charge in [-0.2, -0.15) is 0 Å². The molecule has 3 aromatic rings. The number of pyridine rings is 1. The number of rotatable bonds is 8. The fourth-order valence-corrected chi connectivity index (χ4v) is 3.85. The van der Waals surface area contributed by atoms with Crippen LogP contribution in [0.4, 0.5) is 11.5 Å². The van der Waals surface area contributed by atoms with E-state index in [9.17, 15) is 9.90 Å². The van der Waals surface area contributed by atoms with E-state index < -0.39 is 6.10 Å². The van der Waals surface area contributed by atoms with Crippen molar-refractivity contribution in [3.8, 4) is 5.75 Å². The minimum Gasteiger partial charge on any atom is -0.491 e. The van der Waals surface area contributed by atoms with Crippen LogP contribution in [0.2, 0.25) is 0 Å². The van der Waals surface area contributed by atoms with Gasteiger partial charge >= 0.3 is 0 Å². The van der Waals surface area contributed by atoms with E-state index in [0.717, 1.165) is 43.3 Å². The van der Waals surface area contributed by atoms with Gasteiger partial charge in [0.1, 0.15) is 24.3 Å². The van der Waals surface area contributed by atoms with Gasteiger partial charge in [-0.25, -0.2) is 4.98 Å². The molecule has 2 aromatic carbocycles. The van der Waals surface area contributed by atoms with Gasteiger partial charge in [-0.05, 0) is 42.8 Å². The Balaban J connectivity index is 1.21. The third-order valence-corrected chi connectivity index (χ3v) is 5.73. The van der Waals surface area contributed by atoms with Gasteiger partial charge in [-0.3, -0.25) is 9.69 Å². The zero-order chi connectivity index (χ0) is 23.0. The topological polar surface area (TPSA) is 77.9 Å². The molecule has 1 atom stereocenters. The van der Waals surface area contributed by atoms with Crippen LogP contribution in [0.25, 0.3) is 0 Å². The number of nitrogens with one attached hydrogen (secondary N) is 1. The van der Waals surface area contributed by atoms with Gasteiger partial charge < -0.3 is 20.1 Å². The predicted octanol–water partition coefficient (Wildman–Crippen LogP) is 3.20. The van der Waals surface area contributed by atoms with E-state index in [-0.39, 0.29) is 12.5 Å². The molecule has 7 nitrogen and oxygen atoms in total. The molecule has 2 N–H and O–H groups in total. The number of amides is 1. The summed E-state index contributed by atoms with van der Waals surface area (Å²) in [5.41, 5.74) is 2.35. The van der Waals surface area contributed by atoms with E-state index >= 15 is 0 Å². The van der Waals surface area contributed by atoms with Crippen molar-refractivity contribution in [1.82, 2.24) is 9.88 Å². The first-order valence-electron chi connectivity index (χ1n) is 11.2. The number of nitrogens with zero attached hydrogens (tertiary/aromatic N) is 3. The highest BCUT2D eigenvalue weighted by Crippen LogP contribution is 2.18. The Hall–Kier alpha value is -3.42. The fourth-order valence-electron chi connectivity index (χ4n) is 3.85. The van der Waals surface area contributed by atoms with Crippen LogP contribution in [0, 0.1) is 6.92 Å². The molecule has 0 bridgehead atoms. The van der Waals surface area contributed by atoms with Crippen LogP contribution in [0.5, 0.6) is 5.75 Å². The van der Waals surface area contributed by atoms with Gasteiger partial charge in [-0.1, -0.05) is 36.4 Å². The van der Waals surface area contributed by atoms with Crippen molar-refractivity contribution in [3.05, 3.63) is 84.1 Å². The number of aliphatic hydroxyl groups excluding tert-OH is 1. The summed E-state index contributed by atoms with van der Waals surface area (Å²) < 4.78 is 5.77. The number of hydrogen-bond donors (Lipinski definition) is 2. The third-order valence-electron chi connectivity index (χ3n) is 5.73. The van der Waals surface area contributed by atoms with E-state index in [1.54, 1.807) is 18.3 Å². The molecule has 1 amide bonds. The van der Waals surface area contributed by atoms with E-state index in [4.69, 9.17) is 4.74 Å². The molecule has 33 heavy (non-hydrogen) atoms. The summed E-state index contributed by atoms with van der Waals surface area (Å²) in [6, 6.07) is 20.8. The Kier molecular flexibility index (Phi) is 7.55. The number of aliphatic hydroxyl groups is 1. The minimum atomic E-state index is -0.540. The number of carbonyl (C=O) groups is 1. The summed E-state index contributed by atoms with van der Waals surface area (Å²) in [4.78, 5) is 21.3. The van der Waals surface area contributed by atoms with Crippen LogP contribution < -0.4 is 15.0 Å². The van der Waals surface area contributed by atoms with Crippen molar-refractivity contribution < 1.29 is 14.6 Å². The molecule has 0 radical (unpaired) electrons. The molecule has 0 aliphatic carbocycles. The molecule has 1 unspecified atom stereocenters. The van der Waals surface area contributed by atoms with Crippen LogP contribution in [0.15, 0.2) is 72.9 Å². The molecule has 7 heteroatoms. The SMILES string of the molecule is Cc1ccccc1OCC(O)CN1CCN(c2ccc(NC(=O)c3ccccc3)cn2)CC1. The second-order valence-corrected chi connectivity index (χ2v) is 8.24. The van der Waals surface area contributed by atoms with Gasteiger partial charge in [0.25, 0.3) is 5.91 Å². The second-order valence-electron chi connectivity index (χ2n) is 8.24. The average molecular weight is 447 g/mol. The first kappa shape index (κ1) is 22.8. The summed E-state index contributed by atoms with van der Waals surface area (Å²) in [7, 11) is 0. The van der Waals surface area contributed by atoms with E-state index in [2.05, 4.69) is 20.1 Å². The average Bonchev–Trinajstić information content (AvgIpc) is 2.85. The van der Waals surface area contributed by atoms with Crippen molar-refractivity contribution >= 4 is 17.4 Å². The first-order valence-corrected chi connectivity index (χ1v) is 11.2. The maximum absolute atomic E-state index is 12.3. The number of benzene rings is 2. The summed E-state index contributed by atoms with van der Waals surface area (Å²) in [6.07, 6.45) is 1.15. The lowest BCUT2D eigenvalue weighted by Gasteiger charge is -2.36. The van der Waals surface area contributed by atoms with Crippen molar-refractivity contribution in [1.29, 1.82) is 0 Å². The molecule has 1 aliphatic heterocycles. The number of aryl methyl sites for hydroxylation is 1. The highest BCUT2D eigenvalue weighted by Gasteiger charge is 2.20. The van der Waals surface area contributed by atoms with Gasteiger partial charge in [0.05, 0.1) is 11.9 Å². The number of carbonyl (C=O) groups excluding carboxylic acids is 1. The van der Waals surface area contributed by atoms with Crippen molar-refractivity contribution in [2.45, 2.75) is 13.0 Å². The Morgan fingerprint density at radius 2 is 1.76 bits per heavy atom. The quantitative estimate of drug-likeness (QED) is 0.553. The van der Waals surface area contributed by atoms with Crippen LogP contribution in [0.3, 0.4) is 0 Å². The molecule has 1 fully saturated rings. The summed E-state index contributed by atoms with van der Waals surface area (Å²) >= 11 is 0. The van der Waals surface area contributed by atoms with Crippen LogP contribution in [-0.2, 0) is 0 Å². The van der Waals surface area contributed by atoms with Crippen molar-refractivity contribution in [3.63, 3.8) is 0 Å². The van der Waals surface area contributed by atoms with Gasteiger partial charge in [0.2, 0.25) is 0 Å². The van der Waals surface area contributed by atoms with Gasteiger partial charge in [-0.15, -0.1) is 0 Å². The zero-order valence-corrected chi connectivity index (χ0v) is 18.9. The highest BCUT2D eigenvalue weighted by molar-refractivity contribution is 6.04. The monoisotopic (exact) mass is 446 g/mol. The lowest BCUT2D eigenvalue weighted by Crippen LogP contribution is -2.49. The molecule has 1 aromatic heterocycles. The normalized spacial score (nSPS) is 15.2. The molecule has 172 valence electrons. The molecule has 0 saturated carbocycles. The van der Waals surface area contributed by atoms with Gasteiger partial charge in [0, 0.05) is 38.3 Å². The lowest BCUT2D eigenvalue weighted by atomic mass is 10.2. The number of hydrogen-bond acceptors (Lipinski definition) is 6. The number of para-hydroxylation sites is 1. The number of aromatic nitrogens is 1. The van der Waals surface area contributed by atoms with Gasteiger partial charge in [0.15, 0.2) is 0 Å². The standard InChI is InChI=1S/C26H30N4O3/c1-20-7-5-6-10-24(20)33-19-23(31)18-29-13-15-30(16-14-29)25-12-11-22(17-27-25)28-26(32)21-8-3-2-4-9-21/h2-12,17,23,31H,13-16,18-19H2,1H3,(H,28,32). The number of β-amino-alcohol motifs (C(OH)–C–C–N with tert-alkyl or cyclic N) is 1. The Morgan fingerprint density at radius 3 is 2.45 bits per heavy atom. The number of piperazine rings is 1. The van der Waals surface area contributed by atoms with Crippen molar-refractivity contribution in [2.75, 3.05) is 49.5 Å². The largest absolute Gasteiger partial charge is 0.491 e. The molecule has 0 spiro atoms. The third kappa shape index (κ3) is 6.31. The Morgan fingerprint density at radius 1 is 1.03 bits per heavy atom. The lowest BCUT2D eigenvalue weighted by molar-refractivity contribution is 0.0660. The van der Waals surface area contributed by atoms with Crippen LogP contribution >= 0.6 is 0 Å². The van der Waals surface area contributed by atoms with E-state index in [0.29, 0.717) is 17.8 Å². The van der Waals surface area contributed by atoms with Crippen molar-refractivity contribution in [2.24, 2.45) is 0 Å². The minimum absolute atomic E-state index is 0.149. The number of anilines is 2. The first-order chi connectivity index (χ1) is 16.1.